The van der Waals surface area contributed by atoms with Crippen molar-refractivity contribution in [3.05, 3.63) is 119 Å². The number of nitrogens with zero attached hydrogens (tertiary/aromatic N) is 5. The quantitative estimate of drug-likeness (QED) is 0.259. The Morgan fingerprint density at radius 1 is 0.875 bits per heavy atom. The molecule has 0 fully saturated rings. The van der Waals surface area contributed by atoms with Crippen LogP contribution in [0.3, 0.4) is 0 Å². The number of benzene rings is 4. The van der Waals surface area contributed by atoms with Gasteiger partial charge in [0.25, 0.3) is 5.91 Å². The third-order valence-electron chi connectivity index (χ3n) is 6.62. The first kappa shape index (κ1) is 26.9. The molecule has 0 aliphatic carbocycles. The second-order valence-electron chi connectivity index (χ2n) is 9.63. The average molecular weight is 553 g/mol. The average Bonchev–Trinajstić information content (AvgIpc) is 3.37. The number of nitrogens with one attached hydrogen (secondary N) is 1. The number of fused-ring (bicyclic) bond motifs is 1. The Hall–Kier alpha value is -4.69. The van der Waals surface area contributed by atoms with E-state index >= 15 is 0 Å². The summed E-state index contributed by atoms with van der Waals surface area (Å²) in [5, 5.41) is 11.9. The molecule has 4 aromatic carbocycles. The number of amides is 2. The van der Waals surface area contributed by atoms with Gasteiger partial charge in [0.15, 0.2) is 0 Å². The van der Waals surface area contributed by atoms with Gasteiger partial charge in [-0.05, 0) is 59.7 Å². The molecule has 1 atom stereocenters. The lowest BCUT2D eigenvalue weighted by molar-refractivity contribution is -0.140. The number of rotatable bonds is 9. The molecule has 0 saturated heterocycles. The van der Waals surface area contributed by atoms with Gasteiger partial charge >= 0.3 is 0 Å². The van der Waals surface area contributed by atoms with Gasteiger partial charge in [-0.15, -0.1) is 5.10 Å². The lowest BCUT2D eigenvalue weighted by Gasteiger charge is -2.31. The van der Waals surface area contributed by atoms with Crippen molar-refractivity contribution in [2.24, 2.45) is 0 Å². The largest absolute Gasteiger partial charge is 0.378 e. The molecule has 202 valence electrons. The summed E-state index contributed by atoms with van der Waals surface area (Å²) in [4.78, 5) is 31.6. The lowest BCUT2D eigenvalue weighted by atomic mass is 10.0. The maximum absolute atomic E-state index is 14.0. The van der Waals surface area contributed by atoms with Gasteiger partial charge < -0.3 is 15.1 Å². The number of carbonyl (C=O) groups excluding carboxylic acids is 2. The van der Waals surface area contributed by atoms with Crippen LogP contribution in [0.15, 0.2) is 103 Å². The van der Waals surface area contributed by atoms with E-state index in [0.717, 1.165) is 16.8 Å². The normalized spacial score (nSPS) is 11.7. The summed E-state index contributed by atoms with van der Waals surface area (Å²) in [6, 6.07) is 30.7. The molecule has 1 aromatic heterocycles. The Labute approximate surface area is 237 Å². The van der Waals surface area contributed by atoms with E-state index in [-0.39, 0.29) is 24.9 Å². The number of halogens is 1. The minimum atomic E-state index is -0.937. The predicted octanol–water partition coefficient (Wildman–Crippen LogP) is 5.56. The minimum absolute atomic E-state index is 0.0811. The Morgan fingerprint density at radius 2 is 1.55 bits per heavy atom. The van der Waals surface area contributed by atoms with Gasteiger partial charge in [-0.25, -0.2) is 4.68 Å². The zero-order valence-electron chi connectivity index (χ0n) is 22.2. The summed E-state index contributed by atoms with van der Waals surface area (Å²) in [5.41, 5.74) is 4.60. The van der Waals surface area contributed by atoms with E-state index in [9.17, 15) is 9.59 Å². The fourth-order valence-corrected chi connectivity index (χ4v) is 4.65. The van der Waals surface area contributed by atoms with Crippen molar-refractivity contribution in [3.63, 3.8) is 0 Å². The molecule has 5 aromatic rings. The molecule has 0 aliphatic heterocycles. The summed E-state index contributed by atoms with van der Waals surface area (Å²) >= 11 is 6.18. The second kappa shape index (κ2) is 12.0. The summed E-state index contributed by atoms with van der Waals surface area (Å²) in [7, 11) is 3.91. The van der Waals surface area contributed by atoms with Crippen LogP contribution in [-0.4, -0.2) is 45.8 Å². The van der Waals surface area contributed by atoms with E-state index in [0.29, 0.717) is 21.8 Å². The molecule has 0 saturated carbocycles. The molecule has 2 amide bonds. The fourth-order valence-electron chi connectivity index (χ4n) is 4.53. The van der Waals surface area contributed by atoms with Crippen molar-refractivity contribution < 1.29 is 9.59 Å². The topological polar surface area (TPSA) is 83.4 Å². The molecule has 0 radical (unpaired) electrons. The number of anilines is 2. The third kappa shape index (κ3) is 6.13. The van der Waals surface area contributed by atoms with Crippen LogP contribution >= 0.6 is 11.6 Å². The summed E-state index contributed by atoms with van der Waals surface area (Å²) in [6.07, 6.45) is 0. The lowest BCUT2D eigenvalue weighted by Crippen LogP contribution is -2.42. The molecule has 9 heteroatoms. The highest BCUT2D eigenvalue weighted by molar-refractivity contribution is 6.30. The van der Waals surface area contributed by atoms with Gasteiger partial charge in [-0.2, -0.15) is 0 Å². The van der Waals surface area contributed by atoms with Crippen LogP contribution in [0.2, 0.25) is 5.02 Å². The first-order chi connectivity index (χ1) is 19.4. The standard InChI is InChI=1S/C31H29ClN6O2/c1-36(2)26-18-16-25(17-19-26)33-31(40)30(23-12-14-24(32)15-13-23)37(20-22-8-4-3-5-9-22)29(39)21-38-28-11-7-6-10-27(28)34-35-38/h3-19,30H,20-21H2,1-2H3,(H,33,40). The Balaban J connectivity index is 1.52. The first-order valence-electron chi connectivity index (χ1n) is 12.8. The van der Waals surface area contributed by atoms with Crippen LogP contribution < -0.4 is 10.2 Å². The van der Waals surface area contributed by atoms with Crippen LogP contribution in [0.4, 0.5) is 11.4 Å². The Morgan fingerprint density at radius 3 is 2.25 bits per heavy atom. The van der Waals surface area contributed by atoms with Crippen LogP contribution in [0, 0.1) is 0 Å². The molecule has 1 N–H and O–H groups in total. The monoisotopic (exact) mass is 552 g/mol. The fraction of sp³-hybridized carbons (Fsp3) is 0.161. The van der Waals surface area contributed by atoms with Crippen LogP contribution in [0.1, 0.15) is 17.2 Å². The number of carbonyl (C=O) groups is 2. The van der Waals surface area contributed by atoms with E-state index in [4.69, 9.17) is 11.6 Å². The summed E-state index contributed by atoms with van der Waals surface area (Å²) in [5.74, 6) is -0.620. The van der Waals surface area contributed by atoms with Gasteiger partial charge in [0.1, 0.15) is 18.1 Å². The highest BCUT2D eigenvalue weighted by Crippen LogP contribution is 2.28. The van der Waals surface area contributed by atoms with E-state index in [1.807, 2.05) is 97.9 Å². The summed E-state index contributed by atoms with van der Waals surface area (Å²) < 4.78 is 1.56. The molecular weight excluding hydrogens is 524 g/mol. The molecule has 0 aliphatic rings. The van der Waals surface area contributed by atoms with Gasteiger partial charge in [0.05, 0.1) is 5.52 Å². The van der Waals surface area contributed by atoms with E-state index in [2.05, 4.69) is 15.6 Å². The Kier molecular flexibility index (Phi) is 8.07. The molecular formula is C31H29ClN6O2. The van der Waals surface area contributed by atoms with Crippen LogP contribution in [0.5, 0.6) is 0 Å². The zero-order chi connectivity index (χ0) is 28.1. The molecule has 40 heavy (non-hydrogen) atoms. The summed E-state index contributed by atoms with van der Waals surface area (Å²) in [6.45, 7) is 0.134. The van der Waals surface area contributed by atoms with Crippen molar-refractivity contribution in [3.8, 4) is 0 Å². The third-order valence-corrected chi connectivity index (χ3v) is 6.87. The van der Waals surface area contributed by atoms with Crippen LogP contribution in [-0.2, 0) is 22.7 Å². The Bertz CT molecular complexity index is 1600. The van der Waals surface area contributed by atoms with Crippen molar-refractivity contribution in [1.29, 1.82) is 0 Å². The minimum Gasteiger partial charge on any atom is -0.378 e. The van der Waals surface area contributed by atoms with Crippen LogP contribution in [0.25, 0.3) is 11.0 Å². The smallest absolute Gasteiger partial charge is 0.251 e. The van der Waals surface area contributed by atoms with E-state index in [1.54, 1.807) is 33.8 Å². The first-order valence-corrected chi connectivity index (χ1v) is 13.2. The number of hydrogen-bond donors (Lipinski definition) is 1. The number of aromatic nitrogens is 3. The van der Waals surface area contributed by atoms with Gasteiger partial charge in [0.2, 0.25) is 5.91 Å². The molecule has 0 bridgehead atoms. The highest BCUT2D eigenvalue weighted by atomic mass is 35.5. The van der Waals surface area contributed by atoms with E-state index in [1.165, 1.54) is 0 Å². The van der Waals surface area contributed by atoms with Crippen molar-refractivity contribution in [1.82, 2.24) is 19.9 Å². The van der Waals surface area contributed by atoms with Crippen molar-refractivity contribution in [2.75, 3.05) is 24.3 Å². The molecule has 1 heterocycles. The predicted molar refractivity (Wildman–Crippen MR) is 158 cm³/mol. The molecule has 5 rings (SSSR count). The maximum atomic E-state index is 14.0. The maximum Gasteiger partial charge on any atom is 0.251 e. The SMILES string of the molecule is CN(C)c1ccc(NC(=O)C(c2ccc(Cl)cc2)N(Cc2ccccc2)C(=O)Cn2nnc3ccccc32)cc1. The second-order valence-corrected chi connectivity index (χ2v) is 10.1. The highest BCUT2D eigenvalue weighted by Gasteiger charge is 2.32. The number of para-hydroxylation sites is 1. The van der Waals surface area contributed by atoms with Gasteiger partial charge in [-0.1, -0.05) is 71.4 Å². The molecule has 8 nitrogen and oxygen atoms in total. The zero-order valence-corrected chi connectivity index (χ0v) is 23.0. The number of hydrogen-bond acceptors (Lipinski definition) is 5. The molecule has 1 unspecified atom stereocenters. The van der Waals surface area contributed by atoms with Crippen molar-refractivity contribution >= 4 is 45.8 Å². The van der Waals surface area contributed by atoms with Crippen molar-refractivity contribution in [2.45, 2.75) is 19.1 Å². The molecule has 0 spiro atoms. The van der Waals surface area contributed by atoms with E-state index < -0.39 is 6.04 Å². The van der Waals surface area contributed by atoms with Gasteiger partial charge in [0, 0.05) is 37.0 Å². The van der Waals surface area contributed by atoms with Gasteiger partial charge in [-0.3, -0.25) is 9.59 Å².